The first-order chi connectivity index (χ1) is 15.0. The summed E-state index contributed by atoms with van der Waals surface area (Å²) in [7, 11) is 0. The maximum Gasteiger partial charge on any atom is 0.269 e. The van der Waals surface area contributed by atoms with Crippen LogP contribution in [0.2, 0.25) is 0 Å². The molecule has 154 valence electrons. The van der Waals surface area contributed by atoms with E-state index in [1.54, 1.807) is 19.1 Å². The molecule has 2 aromatic carbocycles. The molecule has 0 saturated carbocycles. The van der Waals surface area contributed by atoms with Crippen molar-refractivity contribution in [3.05, 3.63) is 87.6 Å². The molecule has 1 N–H and O–H groups in total. The number of nitrogens with one attached hydrogen (secondary N) is 1. The third-order valence-electron chi connectivity index (χ3n) is 4.85. The van der Waals surface area contributed by atoms with Gasteiger partial charge in [-0.25, -0.2) is 18.9 Å². The Bertz CT molecular complexity index is 1360. The lowest BCUT2D eigenvalue weighted by Gasteiger charge is -2.16. The summed E-state index contributed by atoms with van der Waals surface area (Å²) in [6.07, 6.45) is 1.83. The van der Waals surface area contributed by atoms with E-state index in [1.807, 2.05) is 36.6 Å². The number of hydrogen-bond acceptors (Lipinski definition) is 6. The topological polar surface area (TPSA) is 83.6 Å². The molecule has 6 nitrogen and oxygen atoms in total. The van der Waals surface area contributed by atoms with Gasteiger partial charge in [0.2, 0.25) is 5.95 Å². The first-order valence-electron chi connectivity index (χ1n) is 9.48. The molecule has 4 rings (SSSR count). The lowest BCUT2D eigenvalue weighted by Crippen LogP contribution is -2.25. The summed E-state index contributed by atoms with van der Waals surface area (Å²) in [4.78, 5) is 22.7. The van der Waals surface area contributed by atoms with Crippen LogP contribution in [0.4, 0.5) is 10.3 Å². The molecule has 0 radical (unpaired) electrons. The monoisotopic (exact) mass is 431 g/mol. The van der Waals surface area contributed by atoms with Gasteiger partial charge in [-0.05, 0) is 43.0 Å². The van der Waals surface area contributed by atoms with E-state index in [9.17, 15) is 14.4 Å². The van der Waals surface area contributed by atoms with Crippen LogP contribution in [0.25, 0.3) is 16.6 Å². The molecule has 0 saturated heterocycles. The lowest BCUT2D eigenvalue weighted by atomic mass is 10.1. The number of nitrogens with zero attached hydrogens (tertiary/aromatic N) is 4. The molecule has 2 aromatic heterocycles. The molecule has 0 spiro atoms. The van der Waals surface area contributed by atoms with Crippen LogP contribution >= 0.6 is 11.8 Å². The quantitative estimate of drug-likeness (QED) is 0.471. The van der Waals surface area contributed by atoms with Crippen LogP contribution in [-0.2, 0) is 6.54 Å². The highest BCUT2D eigenvalue weighted by molar-refractivity contribution is 7.98. The minimum atomic E-state index is -0.319. The van der Waals surface area contributed by atoms with Gasteiger partial charge < -0.3 is 5.32 Å². The minimum absolute atomic E-state index is 0.273. The molecular formula is C23H18FN5OS. The number of halogens is 1. The number of benzene rings is 2. The van der Waals surface area contributed by atoms with Crippen LogP contribution in [0.1, 0.15) is 16.8 Å². The number of thioether (sulfide) groups is 1. The molecule has 8 heteroatoms. The van der Waals surface area contributed by atoms with Crippen LogP contribution in [0.5, 0.6) is 0 Å². The molecule has 0 aliphatic rings. The van der Waals surface area contributed by atoms with Gasteiger partial charge in [0.05, 0.1) is 16.8 Å². The summed E-state index contributed by atoms with van der Waals surface area (Å²) in [6, 6.07) is 17.4. The van der Waals surface area contributed by atoms with Gasteiger partial charge in [-0.3, -0.25) is 4.79 Å². The highest BCUT2D eigenvalue weighted by Gasteiger charge is 2.20. The summed E-state index contributed by atoms with van der Waals surface area (Å²) in [5.41, 5.74) is 2.26. The van der Waals surface area contributed by atoms with Crippen molar-refractivity contribution in [2.45, 2.75) is 18.5 Å². The van der Waals surface area contributed by atoms with Gasteiger partial charge in [-0.1, -0.05) is 30.3 Å². The van der Waals surface area contributed by atoms with E-state index >= 15 is 0 Å². The van der Waals surface area contributed by atoms with E-state index in [1.165, 1.54) is 28.5 Å². The van der Waals surface area contributed by atoms with Crippen LogP contribution in [0.15, 0.2) is 64.4 Å². The zero-order valence-electron chi connectivity index (χ0n) is 16.9. The van der Waals surface area contributed by atoms with Crippen LogP contribution in [0, 0.1) is 24.1 Å². The molecular weight excluding hydrogens is 413 g/mol. The zero-order valence-corrected chi connectivity index (χ0v) is 17.7. The number of aryl methyl sites for hydroxylation is 1. The predicted octanol–water partition coefficient (Wildman–Crippen LogP) is 4.43. The van der Waals surface area contributed by atoms with Crippen molar-refractivity contribution < 1.29 is 4.39 Å². The predicted molar refractivity (Wildman–Crippen MR) is 120 cm³/mol. The number of nitriles is 1. The number of aromatic nitrogens is 3. The number of para-hydroxylation sites is 1. The SMILES string of the molecule is CSc1nc(C)c2c(=O)n(-c3ccccc3)c(NCc3ccc(F)cc3)nc2c1C#N. The van der Waals surface area contributed by atoms with Crippen molar-refractivity contribution in [2.24, 2.45) is 0 Å². The number of rotatable bonds is 5. The van der Waals surface area contributed by atoms with E-state index in [-0.39, 0.29) is 16.9 Å². The third kappa shape index (κ3) is 3.88. The van der Waals surface area contributed by atoms with Crippen molar-refractivity contribution in [2.75, 3.05) is 11.6 Å². The first kappa shape index (κ1) is 20.6. The van der Waals surface area contributed by atoms with Crippen LogP contribution in [-0.4, -0.2) is 20.8 Å². The summed E-state index contributed by atoms with van der Waals surface area (Å²) < 4.78 is 14.7. The number of anilines is 1. The Morgan fingerprint density at radius 2 is 1.84 bits per heavy atom. The average Bonchev–Trinajstić information content (AvgIpc) is 2.78. The highest BCUT2D eigenvalue weighted by atomic mass is 32.2. The van der Waals surface area contributed by atoms with Crippen molar-refractivity contribution in [1.29, 1.82) is 5.26 Å². The fourth-order valence-electron chi connectivity index (χ4n) is 3.36. The van der Waals surface area contributed by atoms with Crippen molar-refractivity contribution in [3.63, 3.8) is 0 Å². The first-order valence-corrected chi connectivity index (χ1v) is 10.7. The fraction of sp³-hybridized carbons (Fsp3) is 0.130. The Labute approximate surface area is 182 Å². The van der Waals surface area contributed by atoms with Crippen LogP contribution < -0.4 is 10.9 Å². The van der Waals surface area contributed by atoms with Gasteiger partial charge in [0.25, 0.3) is 5.56 Å². The number of hydrogen-bond donors (Lipinski definition) is 1. The second-order valence-corrected chi connectivity index (χ2v) is 7.60. The molecule has 0 aliphatic heterocycles. The summed E-state index contributed by atoms with van der Waals surface area (Å²) in [5.74, 6) is -0.0258. The van der Waals surface area contributed by atoms with E-state index in [4.69, 9.17) is 0 Å². The molecule has 4 aromatic rings. The van der Waals surface area contributed by atoms with E-state index in [2.05, 4.69) is 21.4 Å². The Hall–Kier alpha value is -3.70. The molecule has 31 heavy (non-hydrogen) atoms. The maximum atomic E-state index is 13.6. The lowest BCUT2D eigenvalue weighted by molar-refractivity contribution is 0.627. The highest BCUT2D eigenvalue weighted by Crippen LogP contribution is 2.27. The van der Waals surface area contributed by atoms with Gasteiger partial charge in [0.1, 0.15) is 28.0 Å². The Morgan fingerprint density at radius 1 is 1.13 bits per heavy atom. The maximum absolute atomic E-state index is 13.6. The standard InChI is InChI=1S/C23H18FN5OS/c1-14-19-20(18(12-25)21(27-14)31-2)28-23(26-13-15-8-10-16(24)11-9-15)29(22(19)30)17-6-4-3-5-7-17/h3-11H,13H2,1-2H3,(H,26,28). The molecule has 0 bridgehead atoms. The third-order valence-corrected chi connectivity index (χ3v) is 5.53. The average molecular weight is 431 g/mol. The second kappa shape index (κ2) is 8.58. The second-order valence-electron chi connectivity index (χ2n) is 6.81. The number of fused-ring (bicyclic) bond motifs is 1. The Kier molecular flexibility index (Phi) is 5.69. The fourth-order valence-corrected chi connectivity index (χ4v) is 3.94. The van der Waals surface area contributed by atoms with Crippen molar-refractivity contribution in [3.8, 4) is 11.8 Å². The molecule has 0 unspecified atom stereocenters. The van der Waals surface area contributed by atoms with Gasteiger partial charge in [-0.2, -0.15) is 5.26 Å². The largest absolute Gasteiger partial charge is 0.351 e. The normalized spacial score (nSPS) is 10.8. The molecule has 0 fully saturated rings. The molecule has 0 atom stereocenters. The zero-order chi connectivity index (χ0) is 22.0. The van der Waals surface area contributed by atoms with Gasteiger partial charge in [0, 0.05) is 6.54 Å². The summed E-state index contributed by atoms with van der Waals surface area (Å²) in [6.45, 7) is 2.07. The molecule has 0 aliphatic carbocycles. The Morgan fingerprint density at radius 3 is 2.48 bits per heavy atom. The Balaban J connectivity index is 1.96. The molecule has 2 heterocycles. The van der Waals surface area contributed by atoms with E-state index in [0.29, 0.717) is 39.8 Å². The smallest absolute Gasteiger partial charge is 0.269 e. The van der Waals surface area contributed by atoms with Gasteiger partial charge in [0.15, 0.2) is 0 Å². The van der Waals surface area contributed by atoms with E-state index in [0.717, 1.165) is 5.56 Å². The summed E-state index contributed by atoms with van der Waals surface area (Å²) in [5, 5.41) is 13.8. The summed E-state index contributed by atoms with van der Waals surface area (Å²) >= 11 is 1.33. The van der Waals surface area contributed by atoms with Crippen LogP contribution in [0.3, 0.4) is 0 Å². The number of pyridine rings is 1. The van der Waals surface area contributed by atoms with Crippen molar-refractivity contribution in [1.82, 2.24) is 14.5 Å². The van der Waals surface area contributed by atoms with Gasteiger partial charge >= 0.3 is 0 Å². The molecule has 0 amide bonds. The van der Waals surface area contributed by atoms with E-state index < -0.39 is 0 Å². The van der Waals surface area contributed by atoms with Gasteiger partial charge in [-0.15, -0.1) is 11.8 Å². The van der Waals surface area contributed by atoms with Crippen molar-refractivity contribution >= 4 is 28.6 Å². The minimum Gasteiger partial charge on any atom is -0.351 e.